The van der Waals surface area contributed by atoms with Crippen molar-refractivity contribution in [2.45, 2.75) is 113 Å². The molecule has 432 valence electrons. The van der Waals surface area contributed by atoms with Crippen molar-refractivity contribution >= 4 is 82.3 Å². The summed E-state index contributed by atoms with van der Waals surface area (Å²) < 4.78 is 14.6. The third-order valence-corrected chi connectivity index (χ3v) is 16.2. The first kappa shape index (κ1) is 58.7. The number of hydrogen-bond donors (Lipinski definition) is 8. The fourth-order valence-corrected chi connectivity index (χ4v) is 11.6. The van der Waals surface area contributed by atoms with Crippen LogP contribution in [0.2, 0.25) is 0 Å². The lowest BCUT2D eigenvalue weighted by atomic mass is 9.98. The van der Waals surface area contributed by atoms with E-state index in [1.807, 2.05) is 60.7 Å². The van der Waals surface area contributed by atoms with E-state index in [9.17, 15) is 57.5 Å². The summed E-state index contributed by atoms with van der Waals surface area (Å²) in [5.74, 6) is 1.68. The molecule has 0 saturated carbocycles. The predicted molar refractivity (Wildman–Crippen MR) is 303 cm³/mol. The first-order valence-corrected chi connectivity index (χ1v) is 29.0. The molecule has 5 heterocycles. The minimum atomic E-state index is -5.13. The quantitative estimate of drug-likeness (QED) is 0.0250. The number of benzene rings is 4. The van der Waals surface area contributed by atoms with Gasteiger partial charge in [-0.2, -0.15) is 0 Å². The van der Waals surface area contributed by atoms with Crippen LogP contribution in [0, 0.1) is 11.8 Å². The second-order valence-electron chi connectivity index (χ2n) is 21.1. The van der Waals surface area contributed by atoms with Crippen molar-refractivity contribution < 1.29 is 57.5 Å². The number of unbranched alkanes of at least 4 members (excludes halogenated alkanes) is 3. The standard InChI is InChI=1S/C59H63N10O13P/c1-66-48-31-35(19-24-45(48)69(59(66)79)47-26-28-50(71)64-56(47)76)13-7-3-2-4-12-18-51(72)67-30-29-40-21-25-46(55(75)62-42(23-27-49(60)70)53(73)65-52(36-14-8-5-9-15-36)37-16-10-6-11-17-37)68(40)57(77)44(34-67)63-54(74)43-33-39-32-38(20-22-41(39)61-43)58(78)83(80,81)82/h5-6,8-11,14-17,19-20,22,24,31-33,40,42,44,46-47,52,61H,2-4,12,18,21,23,25-30,34H2,1H3,(H2,60,70)(H,62,75)(H,63,74)(H,65,73)(H,64,71,76)(H2,80,81,82)/t40-,42+,44+,46+,47?/m1/s1. The molecule has 0 radical (unpaired) electrons. The minimum Gasteiger partial charge on any atom is -0.370 e. The molecule has 0 aliphatic carbocycles. The van der Waals surface area contributed by atoms with Crippen LogP contribution in [0.25, 0.3) is 21.9 Å². The molecular formula is C59H63N10O13P. The number of amides is 8. The smallest absolute Gasteiger partial charge is 0.370 e. The number of imide groups is 1. The van der Waals surface area contributed by atoms with Gasteiger partial charge < -0.3 is 46.3 Å². The maximum atomic E-state index is 15.0. The number of primary amides is 1. The van der Waals surface area contributed by atoms with E-state index in [4.69, 9.17) is 5.73 Å². The number of aromatic amines is 1. The normalized spacial score (nSPS) is 18.6. The average molecular weight is 1150 g/mol. The Hall–Kier alpha value is -8.97. The van der Waals surface area contributed by atoms with Crippen LogP contribution >= 0.6 is 7.60 Å². The van der Waals surface area contributed by atoms with Crippen molar-refractivity contribution in [3.63, 3.8) is 0 Å². The molecule has 9 rings (SSSR count). The first-order valence-electron chi connectivity index (χ1n) is 27.4. The number of hydrogen-bond acceptors (Lipinski definition) is 11. The Labute approximate surface area is 475 Å². The highest BCUT2D eigenvalue weighted by molar-refractivity contribution is 7.70. The molecule has 2 aromatic heterocycles. The van der Waals surface area contributed by atoms with Gasteiger partial charge >= 0.3 is 13.3 Å². The van der Waals surface area contributed by atoms with Crippen LogP contribution in [-0.2, 0) is 45.2 Å². The summed E-state index contributed by atoms with van der Waals surface area (Å²) in [5.41, 5.74) is 7.03. The van der Waals surface area contributed by atoms with Crippen molar-refractivity contribution in [3.05, 3.63) is 142 Å². The highest BCUT2D eigenvalue weighted by Gasteiger charge is 2.46. The lowest BCUT2D eigenvalue weighted by Gasteiger charge is -2.39. The number of nitrogens with zero attached hydrogens (tertiary/aromatic N) is 4. The van der Waals surface area contributed by atoms with Crippen LogP contribution < -0.4 is 32.7 Å². The Morgan fingerprint density at radius 3 is 2.22 bits per heavy atom. The highest BCUT2D eigenvalue weighted by Crippen LogP contribution is 2.39. The largest absolute Gasteiger partial charge is 0.396 e. The van der Waals surface area contributed by atoms with Crippen LogP contribution in [0.5, 0.6) is 0 Å². The number of fused-ring (bicyclic) bond motifs is 3. The van der Waals surface area contributed by atoms with Gasteiger partial charge in [-0.3, -0.25) is 62.2 Å². The van der Waals surface area contributed by atoms with Crippen molar-refractivity contribution in [1.29, 1.82) is 0 Å². The van der Waals surface area contributed by atoms with Crippen molar-refractivity contribution in [2.75, 3.05) is 13.1 Å². The Kier molecular flexibility index (Phi) is 18.0. The number of carbonyl (C=O) groups excluding carboxylic acids is 9. The van der Waals surface area contributed by atoms with Gasteiger partial charge in [0.05, 0.1) is 17.1 Å². The summed E-state index contributed by atoms with van der Waals surface area (Å²) in [6.45, 7) is -0.108. The molecule has 24 heteroatoms. The van der Waals surface area contributed by atoms with Gasteiger partial charge in [0.1, 0.15) is 29.9 Å². The molecule has 1 unspecified atom stereocenters. The van der Waals surface area contributed by atoms with Crippen molar-refractivity contribution in [3.8, 4) is 11.8 Å². The number of carbonyl (C=O) groups is 9. The molecule has 6 aromatic rings. The molecule has 0 spiro atoms. The van der Waals surface area contributed by atoms with Gasteiger partial charge in [0.15, 0.2) is 0 Å². The minimum absolute atomic E-state index is 0.0773. The van der Waals surface area contributed by atoms with E-state index >= 15 is 4.79 Å². The molecule has 0 bridgehead atoms. The zero-order chi connectivity index (χ0) is 59.1. The molecule has 3 aliphatic heterocycles. The number of imidazole rings is 1. The first-order chi connectivity index (χ1) is 39.7. The lowest BCUT2D eigenvalue weighted by molar-refractivity contribution is -0.145. The van der Waals surface area contributed by atoms with Gasteiger partial charge in [0, 0.05) is 73.9 Å². The van der Waals surface area contributed by atoms with Crippen molar-refractivity contribution in [1.82, 2.24) is 45.2 Å². The van der Waals surface area contributed by atoms with Gasteiger partial charge in [0.25, 0.3) is 11.4 Å². The van der Waals surface area contributed by atoms with Crippen molar-refractivity contribution in [2.24, 2.45) is 12.8 Å². The maximum absolute atomic E-state index is 15.0. The zero-order valence-electron chi connectivity index (χ0n) is 45.4. The Balaban J connectivity index is 0.885. The summed E-state index contributed by atoms with van der Waals surface area (Å²) in [5, 5.41) is 11.2. The molecule has 8 amide bonds. The fraction of sp³-hybridized carbons (Fsp3) is 0.356. The van der Waals surface area contributed by atoms with E-state index in [0.717, 1.165) is 11.1 Å². The molecule has 9 N–H and O–H groups in total. The Bertz CT molecular complexity index is 3670. The lowest BCUT2D eigenvalue weighted by Crippen LogP contribution is -2.62. The van der Waals surface area contributed by atoms with E-state index in [2.05, 4.69) is 38.1 Å². The van der Waals surface area contributed by atoms with E-state index in [-0.39, 0.29) is 92.2 Å². The molecule has 3 fully saturated rings. The summed E-state index contributed by atoms with van der Waals surface area (Å²) >= 11 is 0. The Morgan fingerprint density at radius 1 is 0.807 bits per heavy atom. The number of aromatic nitrogens is 3. The van der Waals surface area contributed by atoms with Gasteiger partial charge in [-0.25, -0.2) is 4.79 Å². The summed E-state index contributed by atoms with van der Waals surface area (Å²) in [6, 6.07) is 23.0. The molecule has 23 nitrogen and oxygen atoms in total. The van der Waals surface area contributed by atoms with E-state index in [0.29, 0.717) is 54.2 Å². The van der Waals surface area contributed by atoms with Gasteiger partial charge in [-0.1, -0.05) is 78.9 Å². The Morgan fingerprint density at radius 2 is 1.53 bits per heavy atom. The number of aryl methyl sites for hydroxylation is 1. The number of piperidine rings is 1. The maximum Gasteiger partial charge on any atom is 0.396 e. The zero-order valence-corrected chi connectivity index (χ0v) is 46.3. The average Bonchev–Trinajstić information content (AvgIpc) is 3.19. The van der Waals surface area contributed by atoms with E-state index in [1.165, 1.54) is 43.2 Å². The number of nitrogens with two attached hydrogens (primary N) is 1. The fourth-order valence-electron chi connectivity index (χ4n) is 11.1. The predicted octanol–water partition coefficient (Wildman–Crippen LogP) is 3.47. The third kappa shape index (κ3) is 13.5. The van der Waals surface area contributed by atoms with Crippen LogP contribution in [0.15, 0.2) is 108 Å². The number of nitrogens with one attached hydrogen (secondary N) is 5. The third-order valence-electron chi connectivity index (χ3n) is 15.4. The molecule has 83 heavy (non-hydrogen) atoms. The van der Waals surface area contributed by atoms with Gasteiger partial charge in [-0.05, 0) is 98.5 Å². The van der Waals surface area contributed by atoms with Crippen LogP contribution in [0.4, 0.5) is 0 Å². The number of H-pyrrole nitrogens is 1. The molecular weight excluding hydrogens is 1090 g/mol. The van der Waals surface area contributed by atoms with Gasteiger partial charge in [0.2, 0.25) is 41.4 Å². The summed E-state index contributed by atoms with van der Waals surface area (Å²) in [4.78, 5) is 159. The second kappa shape index (κ2) is 25.4. The van der Waals surface area contributed by atoms with E-state index in [1.54, 1.807) is 25.2 Å². The molecule has 4 aromatic carbocycles. The van der Waals surface area contributed by atoms with Crippen LogP contribution in [0.1, 0.15) is 127 Å². The van der Waals surface area contributed by atoms with E-state index < -0.39 is 84.8 Å². The highest BCUT2D eigenvalue weighted by atomic mass is 31.2. The second-order valence-corrected chi connectivity index (χ2v) is 22.5. The van der Waals surface area contributed by atoms with Crippen LogP contribution in [0.3, 0.4) is 0 Å². The van der Waals surface area contributed by atoms with Crippen LogP contribution in [-0.4, -0.2) is 124 Å². The SMILES string of the molecule is Cn1c(=O)n(C2CCC(=O)NC2=O)c2ccc(C#CCCCCCC(=O)N3CC[C@H]4CC[C@@H](C(=O)N[C@@H](CCC(N)=O)C(=O)NC(c5ccccc5)c5ccccc5)N4C(=O)[C@@H](NC(=O)c4cc5cc(C(=O)P(=O)(O)O)ccc5[nH]4)C3)cc21. The van der Waals surface area contributed by atoms with Gasteiger partial charge in [-0.15, -0.1) is 0 Å². The topological polar surface area (TPSA) is 335 Å². The summed E-state index contributed by atoms with van der Waals surface area (Å²) in [6.07, 6.45) is 3.11. The number of rotatable bonds is 19. The monoisotopic (exact) mass is 1150 g/mol. The summed E-state index contributed by atoms with van der Waals surface area (Å²) in [7, 11) is -3.52. The molecule has 3 aliphatic rings. The molecule has 5 atom stereocenters. The molecule has 3 saturated heterocycles.